The highest BCUT2D eigenvalue weighted by molar-refractivity contribution is 9.10. The van der Waals surface area contributed by atoms with Gasteiger partial charge in [-0.2, -0.15) is 0 Å². The Morgan fingerprint density at radius 3 is 2.50 bits per heavy atom. The molecule has 0 aliphatic carbocycles. The second-order valence-corrected chi connectivity index (χ2v) is 7.05. The van der Waals surface area contributed by atoms with Crippen molar-refractivity contribution in [2.24, 2.45) is 0 Å². The molecule has 0 bridgehead atoms. The molecule has 0 aromatic heterocycles. The van der Waals surface area contributed by atoms with Gasteiger partial charge in [0.05, 0.1) is 10.6 Å². The van der Waals surface area contributed by atoms with Gasteiger partial charge in [-0.25, -0.2) is 8.42 Å². The number of rotatable bonds is 3. The van der Waals surface area contributed by atoms with Crippen LogP contribution in [0.5, 0.6) is 0 Å². The van der Waals surface area contributed by atoms with Crippen LogP contribution < -0.4 is 10.5 Å². The third kappa shape index (κ3) is 2.96. The molecule has 0 spiro atoms. The van der Waals surface area contributed by atoms with Crippen LogP contribution in [0.3, 0.4) is 0 Å². The Morgan fingerprint density at radius 1 is 1.15 bits per heavy atom. The molecule has 0 radical (unpaired) electrons. The minimum absolute atomic E-state index is 0.228. The molecule has 4 nitrogen and oxygen atoms in total. The summed E-state index contributed by atoms with van der Waals surface area (Å²) in [6.07, 6.45) is 0. The molecule has 0 heterocycles. The van der Waals surface area contributed by atoms with Gasteiger partial charge in [0.2, 0.25) is 0 Å². The van der Waals surface area contributed by atoms with Crippen LogP contribution in [0.15, 0.2) is 45.8 Å². The van der Waals surface area contributed by atoms with Gasteiger partial charge in [-0.15, -0.1) is 0 Å². The number of anilines is 2. The summed E-state index contributed by atoms with van der Waals surface area (Å²) in [4.78, 5) is 0.228. The van der Waals surface area contributed by atoms with Crippen molar-refractivity contribution in [3.8, 4) is 0 Å². The molecule has 0 saturated carbocycles. The monoisotopic (exact) mass is 354 g/mol. The smallest absolute Gasteiger partial charge is 0.262 e. The van der Waals surface area contributed by atoms with Gasteiger partial charge in [-0.1, -0.05) is 22.0 Å². The van der Waals surface area contributed by atoms with E-state index in [1.54, 1.807) is 31.2 Å². The van der Waals surface area contributed by atoms with Gasteiger partial charge in [0.15, 0.2) is 0 Å². The first-order chi connectivity index (χ1) is 9.31. The Morgan fingerprint density at radius 2 is 1.85 bits per heavy atom. The zero-order valence-corrected chi connectivity index (χ0v) is 13.5. The van der Waals surface area contributed by atoms with Crippen molar-refractivity contribution in [3.05, 3.63) is 52.0 Å². The summed E-state index contributed by atoms with van der Waals surface area (Å²) in [7, 11) is -3.63. The predicted molar refractivity (Wildman–Crippen MR) is 85.3 cm³/mol. The van der Waals surface area contributed by atoms with Gasteiger partial charge >= 0.3 is 0 Å². The molecule has 2 aromatic carbocycles. The quantitative estimate of drug-likeness (QED) is 0.829. The first kappa shape index (κ1) is 14.9. The van der Waals surface area contributed by atoms with Gasteiger partial charge in [0.25, 0.3) is 10.0 Å². The highest BCUT2D eigenvalue weighted by Gasteiger charge is 2.18. The van der Waals surface area contributed by atoms with E-state index in [1.807, 2.05) is 13.0 Å². The van der Waals surface area contributed by atoms with Crippen LogP contribution in [0.1, 0.15) is 11.1 Å². The molecular weight excluding hydrogens is 340 g/mol. The summed E-state index contributed by atoms with van der Waals surface area (Å²) >= 11 is 3.38. The molecule has 6 heteroatoms. The van der Waals surface area contributed by atoms with Crippen molar-refractivity contribution in [2.75, 3.05) is 10.5 Å². The fourth-order valence-corrected chi connectivity index (χ4v) is 3.61. The molecule has 0 fully saturated rings. The summed E-state index contributed by atoms with van der Waals surface area (Å²) in [6, 6.07) is 10.1. The van der Waals surface area contributed by atoms with E-state index >= 15 is 0 Å². The number of sulfonamides is 1. The topological polar surface area (TPSA) is 72.2 Å². The largest absolute Gasteiger partial charge is 0.399 e. The molecule has 0 saturated heterocycles. The number of benzene rings is 2. The zero-order chi connectivity index (χ0) is 14.9. The maximum absolute atomic E-state index is 12.4. The van der Waals surface area contributed by atoms with E-state index < -0.39 is 10.0 Å². The van der Waals surface area contributed by atoms with Crippen LogP contribution in [0.2, 0.25) is 0 Å². The summed E-state index contributed by atoms with van der Waals surface area (Å²) < 4.78 is 28.3. The Hall–Kier alpha value is -1.53. The second kappa shape index (κ2) is 5.46. The van der Waals surface area contributed by atoms with Gasteiger partial charge in [-0.3, -0.25) is 4.72 Å². The second-order valence-electron chi connectivity index (χ2n) is 4.54. The molecule has 0 unspecified atom stereocenters. The summed E-state index contributed by atoms with van der Waals surface area (Å²) in [5.74, 6) is 0. The third-order valence-electron chi connectivity index (χ3n) is 3.00. The molecule has 106 valence electrons. The number of nitrogen functional groups attached to an aromatic ring is 1. The normalized spacial score (nSPS) is 11.3. The van der Waals surface area contributed by atoms with Crippen LogP contribution in [0, 0.1) is 13.8 Å². The standard InChI is InChI=1S/C14H15BrN2O2S/c1-9-8-11(16)6-7-14(9)20(18,19)17-13-5-3-4-12(15)10(13)2/h3-8,17H,16H2,1-2H3. The van der Waals surface area contributed by atoms with Gasteiger partial charge < -0.3 is 5.73 Å². The molecule has 2 rings (SSSR count). The lowest BCUT2D eigenvalue weighted by Crippen LogP contribution is -2.15. The van der Waals surface area contributed by atoms with Crippen LogP contribution in [-0.4, -0.2) is 8.42 Å². The van der Waals surface area contributed by atoms with Crippen molar-refractivity contribution in [3.63, 3.8) is 0 Å². The number of nitrogens with one attached hydrogen (secondary N) is 1. The fourth-order valence-electron chi connectivity index (χ4n) is 1.89. The van der Waals surface area contributed by atoms with E-state index in [9.17, 15) is 8.42 Å². The summed E-state index contributed by atoms with van der Waals surface area (Å²) in [6.45, 7) is 3.57. The molecular formula is C14H15BrN2O2S. The first-order valence-corrected chi connectivity index (χ1v) is 8.23. The Kier molecular flexibility index (Phi) is 4.06. The van der Waals surface area contributed by atoms with Gasteiger partial charge in [-0.05, 0) is 55.3 Å². The van der Waals surface area contributed by atoms with Gasteiger partial charge in [0, 0.05) is 10.2 Å². The number of aryl methyl sites for hydroxylation is 1. The van der Waals surface area contributed by atoms with Crippen LogP contribution >= 0.6 is 15.9 Å². The summed E-state index contributed by atoms with van der Waals surface area (Å²) in [5, 5.41) is 0. The average molecular weight is 355 g/mol. The van der Waals surface area contributed by atoms with E-state index in [2.05, 4.69) is 20.7 Å². The van der Waals surface area contributed by atoms with E-state index in [0.717, 1.165) is 10.0 Å². The number of hydrogen-bond acceptors (Lipinski definition) is 3. The molecule has 0 atom stereocenters. The van der Waals surface area contributed by atoms with E-state index in [-0.39, 0.29) is 4.90 Å². The number of halogens is 1. The van der Waals surface area contributed by atoms with E-state index in [4.69, 9.17) is 5.73 Å². The minimum Gasteiger partial charge on any atom is -0.399 e. The number of hydrogen-bond donors (Lipinski definition) is 2. The zero-order valence-electron chi connectivity index (χ0n) is 11.1. The first-order valence-electron chi connectivity index (χ1n) is 5.95. The fraction of sp³-hybridized carbons (Fsp3) is 0.143. The molecule has 0 aliphatic heterocycles. The average Bonchev–Trinajstić information content (AvgIpc) is 2.34. The van der Waals surface area contributed by atoms with E-state index in [1.165, 1.54) is 6.07 Å². The minimum atomic E-state index is -3.63. The van der Waals surface area contributed by atoms with Crippen molar-refractivity contribution in [1.29, 1.82) is 0 Å². The maximum Gasteiger partial charge on any atom is 0.262 e. The molecule has 0 aliphatic rings. The van der Waals surface area contributed by atoms with E-state index in [0.29, 0.717) is 16.9 Å². The Balaban J connectivity index is 2.44. The van der Waals surface area contributed by atoms with Crippen LogP contribution in [-0.2, 0) is 10.0 Å². The summed E-state index contributed by atoms with van der Waals surface area (Å²) in [5.41, 5.74) is 8.19. The molecule has 20 heavy (non-hydrogen) atoms. The Labute approximate surface area is 127 Å². The highest BCUT2D eigenvalue weighted by Crippen LogP contribution is 2.27. The Bertz CT molecular complexity index is 758. The van der Waals surface area contributed by atoms with Crippen molar-refractivity contribution in [1.82, 2.24) is 0 Å². The maximum atomic E-state index is 12.4. The highest BCUT2D eigenvalue weighted by atomic mass is 79.9. The van der Waals surface area contributed by atoms with Gasteiger partial charge in [0.1, 0.15) is 0 Å². The van der Waals surface area contributed by atoms with Crippen molar-refractivity contribution in [2.45, 2.75) is 18.7 Å². The third-order valence-corrected chi connectivity index (χ3v) is 5.39. The molecule has 0 amide bonds. The van der Waals surface area contributed by atoms with Crippen LogP contribution in [0.25, 0.3) is 0 Å². The van der Waals surface area contributed by atoms with Crippen LogP contribution in [0.4, 0.5) is 11.4 Å². The molecule has 2 aromatic rings. The molecule has 3 N–H and O–H groups in total. The number of nitrogens with two attached hydrogens (primary N) is 1. The van der Waals surface area contributed by atoms with Crippen molar-refractivity contribution < 1.29 is 8.42 Å². The lowest BCUT2D eigenvalue weighted by molar-refractivity contribution is 0.600. The SMILES string of the molecule is Cc1cc(N)ccc1S(=O)(=O)Nc1cccc(Br)c1C. The predicted octanol–water partition coefficient (Wildman–Crippen LogP) is 3.45. The lowest BCUT2D eigenvalue weighted by atomic mass is 10.2. The lowest BCUT2D eigenvalue weighted by Gasteiger charge is -2.13. The van der Waals surface area contributed by atoms with Crippen molar-refractivity contribution >= 4 is 37.3 Å².